The lowest BCUT2D eigenvalue weighted by Gasteiger charge is -2.25. The fourth-order valence-corrected chi connectivity index (χ4v) is 2.14. The number of hydrogen-bond acceptors (Lipinski definition) is 5. The van der Waals surface area contributed by atoms with Crippen LogP contribution < -0.4 is 0 Å². The molecular weight excluding hydrogens is 329 g/mol. The maximum atomic E-state index is 11.6. The Morgan fingerprint density at radius 2 is 1.88 bits per heavy atom. The molecule has 0 N–H and O–H groups in total. The summed E-state index contributed by atoms with van der Waals surface area (Å²) in [5.74, 6) is -1.36. The predicted molar refractivity (Wildman–Crippen MR) is 64.0 cm³/mol. The third-order valence-corrected chi connectivity index (χ3v) is 3.38. The molecule has 0 atom stereocenters. The number of halogens is 1. The Labute approximate surface area is 106 Å². The molecule has 0 aromatic carbocycles. The van der Waals surface area contributed by atoms with Gasteiger partial charge in [-0.2, -0.15) is 0 Å². The van der Waals surface area contributed by atoms with Crippen LogP contribution in [0.4, 0.5) is 0 Å². The number of azide groups is 1. The minimum atomic E-state index is -1.39. The highest BCUT2D eigenvalue weighted by molar-refractivity contribution is 14.1. The van der Waals surface area contributed by atoms with Gasteiger partial charge in [0.15, 0.2) is 5.41 Å². The van der Waals surface area contributed by atoms with Crippen molar-refractivity contribution >= 4 is 34.5 Å². The van der Waals surface area contributed by atoms with E-state index >= 15 is 0 Å². The maximum Gasteiger partial charge on any atom is 0.324 e. The maximum absolute atomic E-state index is 11.6. The zero-order valence-electron chi connectivity index (χ0n) is 8.97. The van der Waals surface area contributed by atoms with Crippen molar-refractivity contribution in [3.05, 3.63) is 10.4 Å². The molecule has 0 fully saturated rings. The molecule has 0 saturated heterocycles. The lowest BCUT2D eigenvalue weighted by Crippen LogP contribution is -2.43. The Morgan fingerprint density at radius 3 is 2.19 bits per heavy atom. The Kier molecular flexibility index (Phi) is 6.82. The molecule has 0 amide bonds. The average molecular weight is 341 g/mol. The quantitative estimate of drug-likeness (QED) is 0.139. The molecule has 0 heterocycles. The van der Waals surface area contributed by atoms with Crippen LogP contribution in [0.1, 0.15) is 6.42 Å². The highest BCUT2D eigenvalue weighted by atomic mass is 127. The van der Waals surface area contributed by atoms with Crippen LogP contribution in [0.25, 0.3) is 10.4 Å². The van der Waals surface area contributed by atoms with Gasteiger partial charge < -0.3 is 9.47 Å². The van der Waals surface area contributed by atoms with E-state index in [0.717, 1.165) is 0 Å². The van der Waals surface area contributed by atoms with Crippen molar-refractivity contribution in [2.45, 2.75) is 6.42 Å². The van der Waals surface area contributed by atoms with Crippen molar-refractivity contribution in [1.82, 2.24) is 0 Å². The first-order valence-corrected chi connectivity index (χ1v) is 5.85. The van der Waals surface area contributed by atoms with Gasteiger partial charge in [-0.05, 0) is 12.0 Å². The molecule has 8 heteroatoms. The largest absolute Gasteiger partial charge is 0.468 e. The molecule has 90 valence electrons. The summed E-state index contributed by atoms with van der Waals surface area (Å²) >= 11 is 1.89. The van der Waals surface area contributed by atoms with E-state index in [0.29, 0.717) is 0 Å². The first kappa shape index (κ1) is 15.0. The third-order valence-electron chi connectivity index (χ3n) is 2.08. The third kappa shape index (κ3) is 3.24. The van der Waals surface area contributed by atoms with Crippen LogP contribution in [0.5, 0.6) is 0 Å². The fraction of sp³-hybridized carbons (Fsp3) is 0.750. The van der Waals surface area contributed by atoms with E-state index in [4.69, 9.17) is 5.53 Å². The second kappa shape index (κ2) is 7.29. The van der Waals surface area contributed by atoms with Crippen LogP contribution in [0.3, 0.4) is 0 Å². The van der Waals surface area contributed by atoms with E-state index in [1.807, 2.05) is 22.6 Å². The fourth-order valence-electron chi connectivity index (χ4n) is 1.14. The molecule has 0 aliphatic carbocycles. The van der Waals surface area contributed by atoms with Gasteiger partial charge in [0.2, 0.25) is 0 Å². The minimum Gasteiger partial charge on any atom is -0.468 e. The molecule has 16 heavy (non-hydrogen) atoms. The second-order valence-electron chi connectivity index (χ2n) is 2.90. The summed E-state index contributed by atoms with van der Waals surface area (Å²) in [6.45, 7) is 0.0314. The second-order valence-corrected chi connectivity index (χ2v) is 3.67. The molecule has 0 rings (SSSR count). The number of rotatable bonds is 6. The van der Waals surface area contributed by atoms with Crippen molar-refractivity contribution in [1.29, 1.82) is 0 Å². The molecule has 0 aromatic heterocycles. The first-order valence-electron chi connectivity index (χ1n) is 4.32. The van der Waals surface area contributed by atoms with Gasteiger partial charge in [-0.1, -0.05) is 27.7 Å². The Balaban J connectivity index is 5.02. The van der Waals surface area contributed by atoms with Gasteiger partial charge in [-0.15, -0.1) is 0 Å². The van der Waals surface area contributed by atoms with Crippen molar-refractivity contribution in [3.8, 4) is 0 Å². The SMILES string of the molecule is COC(=O)C(CI)(CCN=[N+]=[N-])C(=O)OC. The van der Waals surface area contributed by atoms with Crippen LogP contribution in [0.15, 0.2) is 5.11 Å². The summed E-state index contributed by atoms with van der Waals surface area (Å²) in [6.07, 6.45) is 0.0688. The predicted octanol–water partition coefficient (Wildman–Crippen LogP) is 1.45. The summed E-state index contributed by atoms with van der Waals surface area (Å²) in [5, 5.41) is 3.30. The lowest BCUT2D eigenvalue weighted by atomic mass is 9.87. The summed E-state index contributed by atoms with van der Waals surface area (Å²) < 4.78 is 9.36. The molecule has 0 radical (unpaired) electrons. The summed E-state index contributed by atoms with van der Waals surface area (Å²) in [4.78, 5) is 25.8. The van der Waals surface area contributed by atoms with E-state index in [9.17, 15) is 9.59 Å². The molecule has 0 spiro atoms. The van der Waals surface area contributed by atoms with Gasteiger partial charge in [0, 0.05) is 15.9 Å². The molecule has 0 unspecified atom stereocenters. The van der Waals surface area contributed by atoms with Gasteiger partial charge in [0.1, 0.15) is 0 Å². The first-order chi connectivity index (χ1) is 7.58. The zero-order valence-corrected chi connectivity index (χ0v) is 11.1. The van der Waals surface area contributed by atoms with Crippen LogP contribution >= 0.6 is 22.6 Å². The summed E-state index contributed by atoms with van der Waals surface area (Å²) in [5.41, 5.74) is 6.76. The normalized spacial score (nSPS) is 10.2. The molecule has 0 aromatic rings. The van der Waals surface area contributed by atoms with Gasteiger partial charge in [0.05, 0.1) is 14.2 Å². The molecule has 7 nitrogen and oxygen atoms in total. The van der Waals surface area contributed by atoms with Crippen LogP contribution in [0.2, 0.25) is 0 Å². The number of hydrogen-bond donors (Lipinski definition) is 0. The molecule has 0 aliphatic heterocycles. The van der Waals surface area contributed by atoms with Gasteiger partial charge in [-0.25, -0.2) is 0 Å². The molecular formula is C8H12IN3O4. The van der Waals surface area contributed by atoms with E-state index in [1.54, 1.807) is 0 Å². The minimum absolute atomic E-state index is 0.0314. The van der Waals surface area contributed by atoms with Gasteiger partial charge in [-0.3, -0.25) is 9.59 Å². The number of esters is 2. The number of carbonyl (C=O) groups is 2. The van der Waals surface area contributed by atoms with Crippen molar-refractivity contribution in [3.63, 3.8) is 0 Å². The summed E-state index contributed by atoms with van der Waals surface area (Å²) in [6, 6.07) is 0. The van der Waals surface area contributed by atoms with Crippen LogP contribution in [-0.2, 0) is 19.1 Å². The van der Waals surface area contributed by atoms with Crippen LogP contribution in [0, 0.1) is 5.41 Å². The lowest BCUT2D eigenvalue weighted by molar-refractivity contribution is -0.167. The number of nitrogens with zero attached hydrogens (tertiary/aromatic N) is 3. The highest BCUT2D eigenvalue weighted by Crippen LogP contribution is 2.28. The van der Waals surface area contributed by atoms with Crippen molar-refractivity contribution < 1.29 is 19.1 Å². The standard InChI is InChI=1S/C8H12IN3O4/c1-15-6(13)8(5-9,7(14)16-2)3-4-11-12-10/h3-5H2,1-2H3. The molecule has 0 bridgehead atoms. The smallest absolute Gasteiger partial charge is 0.324 e. The Morgan fingerprint density at radius 1 is 1.38 bits per heavy atom. The number of alkyl halides is 1. The molecule has 0 aliphatic rings. The highest BCUT2D eigenvalue weighted by Gasteiger charge is 2.46. The topological polar surface area (TPSA) is 101 Å². The van der Waals surface area contributed by atoms with E-state index < -0.39 is 17.4 Å². The number of methoxy groups -OCH3 is 2. The summed E-state index contributed by atoms with van der Waals surface area (Å²) in [7, 11) is 2.39. The van der Waals surface area contributed by atoms with Gasteiger partial charge >= 0.3 is 11.9 Å². The van der Waals surface area contributed by atoms with Crippen molar-refractivity contribution in [2.75, 3.05) is 25.2 Å². The van der Waals surface area contributed by atoms with Gasteiger partial charge in [0.25, 0.3) is 0 Å². The van der Waals surface area contributed by atoms with E-state index in [1.165, 1.54) is 14.2 Å². The van der Waals surface area contributed by atoms with E-state index in [2.05, 4.69) is 19.5 Å². The Hall–Kier alpha value is -1.02. The molecule has 0 saturated carbocycles. The number of carbonyl (C=O) groups excluding carboxylic acids is 2. The van der Waals surface area contributed by atoms with Crippen molar-refractivity contribution in [2.24, 2.45) is 10.5 Å². The van der Waals surface area contributed by atoms with E-state index in [-0.39, 0.29) is 17.4 Å². The monoisotopic (exact) mass is 341 g/mol. The van der Waals surface area contributed by atoms with Crippen LogP contribution in [-0.4, -0.2) is 37.1 Å². The number of ether oxygens (including phenoxy) is 2. The zero-order chi connectivity index (χ0) is 12.6. The average Bonchev–Trinajstić information content (AvgIpc) is 2.33. The Bertz CT molecular complexity index is 298.